The lowest BCUT2D eigenvalue weighted by molar-refractivity contribution is 0.570. The van der Waals surface area contributed by atoms with Crippen LogP contribution in [0.5, 0.6) is 0 Å². The topological polar surface area (TPSA) is 57.7 Å². The van der Waals surface area contributed by atoms with Gasteiger partial charge in [0.25, 0.3) is 0 Å². The molecular weight excluding hydrogens is 318 g/mol. The molecule has 1 aromatic carbocycles. The molecule has 0 saturated carbocycles. The van der Waals surface area contributed by atoms with Crippen molar-refractivity contribution in [2.24, 2.45) is 0 Å². The van der Waals surface area contributed by atoms with Gasteiger partial charge in [0.15, 0.2) is 5.16 Å². The fourth-order valence-corrected chi connectivity index (χ4v) is 3.85. The number of H-pyrrole nitrogens is 1. The minimum Gasteiger partial charge on any atom is -0.356 e. The van der Waals surface area contributed by atoms with Crippen LogP contribution in [0.15, 0.2) is 35.5 Å². The van der Waals surface area contributed by atoms with Crippen molar-refractivity contribution in [3.05, 3.63) is 41.9 Å². The van der Waals surface area contributed by atoms with E-state index in [9.17, 15) is 0 Å². The first-order valence-electron chi connectivity index (χ1n) is 8.45. The summed E-state index contributed by atoms with van der Waals surface area (Å²) in [6, 6.07) is 10.2. The maximum absolute atomic E-state index is 4.76. The van der Waals surface area contributed by atoms with Crippen LogP contribution in [0, 0.1) is 6.92 Å². The highest BCUT2D eigenvalue weighted by atomic mass is 32.2. The molecule has 1 saturated heterocycles. The molecule has 5 nitrogen and oxygen atoms in total. The molecule has 0 spiro atoms. The number of aromatic amines is 1. The monoisotopic (exact) mass is 339 g/mol. The molecule has 6 heteroatoms. The zero-order valence-corrected chi connectivity index (χ0v) is 14.6. The quantitative estimate of drug-likeness (QED) is 0.576. The Morgan fingerprint density at radius 2 is 1.92 bits per heavy atom. The van der Waals surface area contributed by atoms with Gasteiger partial charge in [0.05, 0.1) is 16.8 Å². The Labute approximate surface area is 145 Å². The van der Waals surface area contributed by atoms with E-state index in [0.717, 1.165) is 52.4 Å². The minimum atomic E-state index is 0.748. The predicted octanol–water partition coefficient (Wildman–Crippen LogP) is 3.94. The summed E-state index contributed by atoms with van der Waals surface area (Å²) in [5.74, 6) is 2.78. The van der Waals surface area contributed by atoms with Crippen molar-refractivity contribution in [1.29, 1.82) is 0 Å². The van der Waals surface area contributed by atoms with Gasteiger partial charge in [0, 0.05) is 24.8 Å². The molecule has 0 radical (unpaired) electrons. The number of fused-ring (bicyclic) bond motifs is 1. The van der Waals surface area contributed by atoms with E-state index in [1.54, 1.807) is 11.8 Å². The number of rotatable bonds is 4. The summed E-state index contributed by atoms with van der Waals surface area (Å²) in [5.41, 5.74) is 3.11. The first-order valence-corrected chi connectivity index (χ1v) is 9.43. The van der Waals surface area contributed by atoms with Gasteiger partial charge < -0.3 is 9.88 Å². The van der Waals surface area contributed by atoms with Crippen LogP contribution in [0.3, 0.4) is 0 Å². The Hall–Kier alpha value is -2.08. The number of nitrogens with zero attached hydrogens (tertiary/aromatic N) is 4. The number of anilines is 1. The van der Waals surface area contributed by atoms with Crippen LogP contribution in [-0.2, 0) is 5.75 Å². The van der Waals surface area contributed by atoms with Gasteiger partial charge >= 0.3 is 0 Å². The van der Waals surface area contributed by atoms with Crippen LogP contribution < -0.4 is 4.90 Å². The molecule has 2 aromatic heterocycles. The largest absolute Gasteiger partial charge is 0.356 e. The standard InChI is InChI=1S/C18H21N5S/c1-13-11-17(23-9-5-2-6-10-23)22-18(19-13)24-12-16-20-14-7-3-4-8-15(14)21-16/h3-4,7-8,11H,2,5-6,9-10,12H2,1H3,(H,20,21). The summed E-state index contributed by atoms with van der Waals surface area (Å²) in [6.45, 7) is 4.24. The molecule has 0 amide bonds. The highest BCUT2D eigenvalue weighted by Crippen LogP contribution is 2.24. The van der Waals surface area contributed by atoms with Crippen LogP contribution >= 0.6 is 11.8 Å². The van der Waals surface area contributed by atoms with E-state index < -0.39 is 0 Å². The van der Waals surface area contributed by atoms with Gasteiger partial charge in [-0.2, -0.15) is 0 Å². The Morgan fingerprint density at radius 3 is 2.75 bits per heavy atom. The molecule has 1 aliphatic heterocycles. The van der Waals surface area contributed by atoms with Crippen molar-refractivity contribution in [2.75, 3.05) is 18.0 Å². The Kier molecular flexibility index (Phi) is 4.38. The highest BCUT2D eigenvalue weighted by Gasteiger charge is 2.14. The fraction of sp³-hybridized carbons (Fsp3) is 0.389. The molecule has 124 valence electrons. The lowest BCUT2D eigenvalue weighted by Gasteiger charge is -2.28. The van der Waals surface area contributed by atoms with Gasteiger partial charge in [-0.15, -0.1) is 0 Å². The van der Waals surface area contributed by atoms with E-state index in [1.165, 1.54) is 19.3 Å². The third kappa shape index (κ3) is 3.38. The van der Waals surface area contributed by atoms with Crippen LogP contribution in [0.4, 0.5) is 5.82 Å². The van der Waals surface area contributed by atoms with Crippen LogP contribution in [0.2, 0.25) is 0 Å². The zero-order valence-electron chi connectivity index (χ0n) is 13.8. The predicted molar refractivity (Wildman–Crippen MR) is 98.5 cm³/mol. The van der Waals surface area contributed by atoms with Gasteiger partial charge in [-0.1, -0.05) is 23.9 Å². The van der Waals surface area contributed by atoms with Crippen molar-refractivity contribution >= 4 is 28.6 Å². The maximum Gasteiger partial charge on any atom is 0.190 e. The average Bonchev–Trinajstić information content (AvgIpc) is 3.03. The second-order valence-corrected chi connectivity index (χ2v) is 7.13. The number of hydrogen-bond acceptors (Lipinski definition) is 5. The summed E-state index contributed by atoms with van der Waals surface area (Å²) in [5, 5.41) is 0.830. The molecule has 1 aliphatic rings. The average molecular weight is 339 g/mol. The molecule has 1 N–H and O–H groups in total. The van der Waals surface area contributed by atoms with Crippen LogP contribution in [-0.4, -0.2) is 33.0 Å². The van der Waals surface area contributed by atoms with E-state index >= 15 is 0 Å². The van der Waals surface area contributed by atoms with Crippen molar-refractivity contribution < 1.29 is 0 Å². The number of imidazole rings is 1. The molecule has 4 rings (SSSR count). The summed E-state index contributed by atoms with van der Waals surface area (Å²) in [6.07, 6.45) is 3.84. The Morgan fingerprint density at radius 1 is 1.08 bits per heavy atom. The van der Waals surface area contributed by atoms with Crippen molar-refractivity contribution in [3.8, 4) is 0 Å². The van der Waals surface area contributed by atoms with Crippen molar-refractivity contribution in [2.45, 2.75) is 37.1 Å². The van der Waals surface area contributed by atoms with E-state index in [-0.39, 0.29) is 0 Å². The minimum absolute atomic E-state index is 0.748. The molecule has 0 bridgehead atoms. The number of benzene rings is 1. The van der Waals surface area contributed by atoms with E-state index in [2.05, 4.69) is 25.9 Å². The SMILES string of the molecule is Cc1cc(N2CCCCC2)nc(SCc2nc3ccccc3[nH]2)n1. The van der Waals surface area contributed by atoms with Gasteiger partial charge in [0.2, 0.25) is 0 Å². The number of para-hydroxylation sites is 2. The van der Waals surface area contributed by atoms with Crippen LogP contribution in [0.25, 0.3) is 11.0 Å². The summed E-state index contributed by atoms with van der Waals surface area (Å²) in [7, 11) is 0. The smallest absolute Gasteiger partial charge is 0.190 e. The molecular formula is C18H21N5S. The van der Waals surface area contributed by atoms with E-state index in [4.69, 9.17) is 4.98 Å². The lowest BCUT2D eigenvalue weighted by Crippen LogP contribution is -2.30. The molecule has 0 aliphatic carbocycles. The zero-order chi connectivity index (χ0) is 16.4. The summed E-state index contributed by atoms with van der Waals surface area (Å²) in [4.78, 5) is 19.7. The second kappa shape index (κ2) is 6.81. The normalized spacial score (nSPS) is 15.1. The van der Waals surface area contributed by atoms with E-state index in [1.807, 2.05) is 31.2 Å². The van der Waals surface area contributed by atoms with Gasteiger partial charge in [-0.3, -0.25) is 0 Å². The maximum atomic E-state index is 4.76. The van der Waals surface area contributed by atoms with Crippen molar-refractivity contribution in [1.82, 2.24) is 19.9 Å². The second-order valence-electron chi connectivity index (χ2n) is 6.19. The van der Waals surface area contributed by atoms with E-state index in [0.29, 0.717) is 0 Å². The lowest BCUT2D eigenvalue weighted by atomic mass is 10.1. The fourth-order valence-electron chi connectivity index (χ4n) is 3.08. The molecule has 24 heavy (non-hydrogen) atoms. The molecule has 3 heterocycles. The first kappa shape index (κ1) is 15.4. The third-order valence-corrected chi connectivity index (χ3v) is 5.14. The van der Waals surface area contributed by atoms with Gasteiger partial charge in [-0.05, 0) is 38.3 Å². The number of thioether (sulfide) groups is 1. The number of hydrogen-bond donors (Lipinski definition) is 1. The number of piperidine rings is 1. The number of aryl methyl sites for hydroxylation is 1. The summed E-state index contributed by atoms with van der Waals surface area (Å²) >= 11 is 1.64. The Bertz CT molecular complexity index is 805. The Balaban J connectivity index is 1.50. The third-order valence-electron chi connectivity index (χ3n) is 4.28. The number of aromatic nitrogens is 4. The molecule has 0 unspecified atom stereocenters. The van der Waals surface area contributed by atoms with Crippen LogP contribution in [0.1, 0.15) is 30.8 Å². The summed E-state index contributed by atoms with van der Waals surface area (Å²) < 4.78 is 0. The molecule has 1 fully saturated rings. The van der Waals surface area contributed by atoms with Gasteiger partial charge in [0.1, 0.15) is 11.6 Å². The van der Waals surface area contributed by atoms with Crippen molar-refractivity contribution in [3.63, 3.8) is 0 Å². The number of nitrogens with one attached hydrogen (secondary N) is 1. The van der Waals surface area contributed by atoms with Gasteiger partial charge in [-0.25, -0.2) is 15.0 Å². The molecule has 3 aromatic rings. The highest BCUT2D eigenvalue weighted by molar-refractivity contribution is 7.98. The first-order chi connectivity index (χ1) is 11.8. The molecule has 0 atom stereocenters.